The highest BCUT2D eigenvalue weighted by molar-refractivity contribution is 7.87. The van der Waals surface area contributed by atoms with Crippen LogP contribution in [0, 0.1) is 5.92 Å². The van der Waals surface area contributed by atoms with Gasteiger partial charge >= 0.3 is 0 Å². The summed E-state index contributed by atoms with van der Waals surface area (Å²) >= 11 is 1.75. The van der Waals surface area contributed by atoms with Crippen molar-refractivity contribution in [1.29, 1.82) is 0 Å². The van der Waals surface area contributed by atoms with Crippen molar-refractivity contribution < 1.29 is 8.42 Å². The van der Waals surface area contributed by atoms with Crippen LogP contribution in [0.2, 0.25) is 0 Å². The number of aromatic nitrogens is 1. The SMILES string of the molecule is CCCCc1nc(CN2CCC[C@@H](CNS(N)(=O)=O)C2)cs1. The largest absolute Gasteiger partial charge is 0.297 e. The predicted molar refractivity (Wildman–Crippen MR) is 89.8 cm³/mol. The average Bonchev–Trinajstić information content (AvgIpc) is 2.90. The van der Waals surface area contributed by atoms with E-state index in [2.05, 4.69) is 21.9 Å². The molecule has 1 aromatic heterocycles. The third kappa shape index (κ3) is 6.29. The zero-order valence-electron chi connectivity index (χ0n) is 13.1. The number of unbranched alkanes of at least 4 members (excludes halogenated alkanes) is 1. The van der Waals surface area contributed by atoms with Gasteiger partial charge in [-0.15, -0.1) is 11.3 Å². The van der Waals surface area contributed by atoms with Crippen LogP contribution in [0.15, 0.2) is 5.38 Å². The second-order valence-electron chi connectivity index (χ2n) is 5.97. The fourth-order valence-corrected chi connectivity index (χ4v) is 4.09. The van der Waals surface area contributed by atoms with Gasteiger partial charge in [-0.05, 0) is 38.1 Å². The second kappa shape index (κ2) is 8.35. The summed E-state index contributed by atoms with van der Waals surface area (Å²) in [5, 5.41) is 8.37. The number of nitrogens with two attached hydrogens (primary N) is 1. The third-order valence-electron chi connectivity index (χ3n) is 3.91. The van der Waals surface area contributed by atoms with Crippen molar-refractivity contribution in [2.24, 2.45) is 11.1 Å². The van der Waals surface area contributed by atoms with Crippen molar-refractivity contribution in [3.8, 4) is 0 Å². The van der Waals surface area contributed by atoms with E-state index < -0.39 is 10.2 Å². The molecule has 1 fully saturated rings. The van der Waals surface area contributed by atoms with Crippen molar-refractivity contribution in [2.45, 2.75) is 45.6 Å². The summed E-state index contributed by atoms with van der Waals surface area (Å²) in [6.07, 6.45) is 5.58. The van der Waals surface area contributed by atoms with Gasteiger partial charge in [0.15, 0.2) is 0 Å². The van der Waals surface area contributed by atoms with Crippen LogP contribution < -0.4 is 9.86 Å². The molecule has 22 heavy (non-hydrogen) atoms. The van der Waals surface area contributed by atoms with Gasteiger partial charge in [-0.3, -0.25) is 4.90 Å². The molecular formula is C14H26N4O2S2. The molecule has 2 rings (SSSR count). The molecule has 1 saturated heterocycles. The van der Waals surface area contributed by atoms with E-state index in [4.69, 9.17) is 10.1 Å². The monoisotopic (exact) mass is 346 g/mol. The van der Waals surface area contributed by atoms with Crippen molar-refractivity contribution in [3.05, 3.63) is 16.1 Å². The topological polar surface area (TPSA) is 88.3 Å². The summed E-state index contributed by atoms with van der Waals surface area (Å²) in [7, 11) is -3.58. The molecule has 0 radical (unpaired) electrons. The Morgan fingerprint density at radius 3 is 3.09 bits per heavy atom. The molecule has 0 spiro atoms. The summed E-state index contributed by atoms with van der Waals surface area (Å²) in [5.74, 6) is 0.324. The standard InChI is InChI=1S/C14H26N4O2S2/c1-2-3-6-14-17-13(11-21-14)10-18-7-4-5-12(9-18)8-16-22(15,19)20/h11-12,16H,2-10H2,1H3,(H2,15,19,20)/t12-/m0/s1. The van der Waals surface area contributed by atoms with E-state index in [9.17, 15) is 8.42 Å². The van der Waals surface area contributed by atoms with Crippen LogP contribution in [0.1, 0.15) is 43.3 Å². The van der Waals surface area contributed by atoms with Crippen molar-refractivity contribution >= 4 is 21.5 Å². The van der Waals surface area contributed by atoms with Crippen LogP contribution in [0.5, 0.6) is 0 Å². The molecule has 1 aliphatic heterocycles. The Kier molecular flexibility index (Phi) is 6.76. The zero-order chi connectivity index (χ0) is 16.0. The highest BCUT2D eigenvalue weighted by Crippen LogP contribution is 2.20. The highest BCUT2D eigenvalue weighted by atomic mass is 32.2. The average molecular weight is 347 g/mol. The number of hydrogen-bond donors (Lipinski definition) is 2. The smallest absolute Gasteiger partial charge is 0.274 e. The van der Waals surface area contributed by atoms with Crippen LogP contribution >= 0.6 is 11.3 Å². The molecule has 0 bridgehead atoms. The van der Waals surface area contributed by atoms with Crippen LogP contribution in [-0.2, 0) is 23.2 Å². The van der Waals surface area contributed by atoms with Gasteiger partial charge in [-0.2, -0.15) is 8.42 Å². The molecule has 1 aliphatic rings. The van der Waals surface area contributed by atoms with Crippen LogP contribution in [-0.4, -0.2) is 37.9 Å². The molecule has 3 N–H and O–H groups in total. The van der Waals surface area contributed by atoms with Crippen molar-refractivity contribution in [3.63, 3.8) is 0 Å². The van der Waals surface area contributed by atoms with Crippen LogP contribution in [0.3, 0.4) is 0 Å². The van der Waals surface area contributed by atoms with E-state index in [0.29, 0.717) is 12.5 Å². The first-order valence-corrected chi connectivity index (χ1v) is 10.3. The number of hydrogen-bond acceptors (Lipinski definition) is 5. The van der Waals surface area contributed by atoms with E-state index in [1.165, 1.54) is 17.8 Å². The van der Waals surface area contributed by atoms with E-state index in [1.807, 2.05) is 0 Å². The van der Waals surface area contributed by atoms with E-state index in [0.717, 1.165) is 44.6 Å². The summed E-state index contributed by atoms with van der Waals surface area (Å²) < 4.78 is 24.4. The summed E-state index contributed by atoms with van der Waals surface area (Å²) in [6, 6.07) is 0. The Morgan fingerprint density at radius 1 is 1.55 bits per heavy atom. The number of nitrogens with zero attached hydrogens (tertiary/aromatic N) is 2. The van der Waals surface area contributed by atoms with E-state index >= 15 is 0 Å². The van der Waals surface area contributed by atoms with Gasteiger partial charge in [0.2, 0.25) is 0 Å². The molecule has 0 aliphatic carbocycles. The Morgan fingerprint density at radius 2 is 2.36 bits per heavy atom. The Labute approximate surface area is 137 Å². The lowest BCUT2D eigenvalue weighted by Gasteiger charge is -2.32. The second-order valence-corrected chi connectivity index (χ2v) is 8.29. The first-order valence-electron chi connectivity index (χ1n) is 7.89. The maximum absolute atomic E-state index is 11.0. The van der Waals surface area contributed by atoms with Gasteiger partial charge in [0.25, 0.3) is 10.2 Å². The summed E-state index contributed by atoms with van der Waals surface area (Å²) in [4.78, 5) is 7.06. The molecule has 0 aromatic carbocycles. The Balaban J connectivity index is 1.81. The molecule has 1 atom stereocenters. The molecule has 126 valence electrons. The van der Waals surface area contributed by atoms with Gasteiger partial charge in [0.1, 0.15) is 0 Å². The minimum atomic E-state index is -3.58. The number of likely N-dealkylation sites (tertiary alicyclic amines) is 1. The van der Waals surface area contributed by atoms with E-state index in [1.54, 1.807) is 11.3 Å². The number of thiazole rings is 1. The minimum Gasteiger partial charge on any atom is -0.297 e. The van der Waals surface area contributed by atoms with E-state index in [-0.39, 0.29) is 0 Å². The number of nitrogens with one attached hydrogen (secondary N) is 1. The lowest BCUT2D eigenvalue weighted by atomic mass is 9.98. The minimum absolute atomic E-state index is 0.324. The third-order valence-corrected chi connectivity index (χ3v) is 5.43. The summed E-state index contributed by atoms with van der Waals surface area (Å²) in [5.41, 5.74) is 1.14. The molecule has 0 unspecified atom stereocenters. The van der Waals surface area contributed by atoms with Gasteiger partial charge in [0, 0.05) is 25.0 Å². The number of aryl methyl sites for hydroxylation is 1. The first-order chi connectivity index (χ1) is 10.5. The Bertz CT molecular complexity index is 559. The highest BCUT2D eigenvalue weighted by Gasteiger charge is 2.21. The van der Waals surface area contributed by atoms with Gasteiger partial charge in [-0.1, -0.05) is 13.3 Å². The zero-order valence-corrected chi connectivity index (χ0v) is 14.8. The lowest BCUT2D eigenvalue weighted by molar-refractivity contribution is 0.167. The molecule has 1 aromatic rings. The van der Waals surface area contributed by atoms with Gasteiger partial charge in [0.05, 0.1) is 10.7 Å². The quantitative estimate of drug-likeness (QED) is 0.746. The first kappa shape index (κ1) is 17.8. The molecule has 0 amide bonds. The Hall–Kier alpha value is -0.540. The maximum atomic E-state index is 11.0. The number of rotatable bonds is 8. The van der Waals surface area contributed by atoms with Crippen LogP contribution in [0.25, 0.3) is 0 Å². The normalized spacial score (nSPS) is 20.4. The van der Waals surface area contributed by atoms with Crippen LogP contribution in [0.4, 0.5) is 0 Å². The van der Waals surface area contributed by atoms with Crippen molar-refractivity contribution in [2.75, 3.05) is 19.6 Å². The molecule has 6 nitrogen and oxygen atoms in total. The molecular weight excluding hydrogens is 320 g/mol. The maximum Gasteiger partial charge on any atom is 0.274 e. The molecule has 0 saturated carbocycles. The van der Waals surface area contributed by atoms with Gasteiger partial charge < -0.3 is 0 Å². The lowest BCUT2D eigenvalue weighted by Crippen LogP contribution is -2.42. The van der Waals surface area contributed by atoms with Gasteiger partial charge in [-0.25, -0.2) is 14.8 Å². The number of piperidine rings is 1. The van der Waals surface area contributed by atoms with Crippen molar-refractivity contribution in [1.82, 2.24) is 14.6 Å². The molecule has 8 heteroatoms. The summed E-state index contributed by atoms with van der Waals surface area (Å²) in [6.45, 7) is 5.42. The fourth-order valence-electron chi connectivity index (χ4n) is 2.79. The predicted octanol–water partition coefficient (Wildman–Crippen LogP) is 1.49. The molecule has 2 heterocycles. The fraction of sp³-hybridized carbons (Fsp3) is 0.786.